The highest BCUT2D eigenvalue weighted by Gasteiger charge is 1.98. The van der Waals surface area contributed by atoms with Crippen LogP contribution in [0.3, 0.4) is 0 Å². The van der Waals surface area contributed by atoms with Crippen LogP contribution in [0.25, 0.3) is 0 Å². The van der Waals surface area contributed by atoms with Gasteiger partial charge in [-0.2, -0.15) is 0 Å². The van der Waals surface area contributed by atoms with E-state index in [2.05, 4.69) is 18.3 Å². The van der Waals surface area contributed by atoms with Crippen LogP contribution in [-0.2, 0) is 0 Å². The third-order valence-corrected chi connectivity index (χ3v) is 1.88. The number of rotatable bonds is 4. The van der Waals surface area contributed by atoms with Crippen LogP contribution in [0.2, 0.25) is 0 Å². The van der Waals surface area contributed by atoms with E-state index in [1.807, 2.05) is 12.1 Å². The molecular formula is C10H12NS. The molecule has 0 aliphatic carbocycles. The fourth-order valence-corrected chi connectivity index (χ4v) is 1.18. The van der Waals surface area contributed by atoms with Gasteiger partial charge in [0.2, 0.25) is 0 Å². The molecule has 1 heterocycles. The van der Waals surface area contributed by atoms with E-state index in [1.54, 1.807) is 11.6 Å². The van der Waals surface area contributed by atoms with Crippen molar-refractivity contribution in [2.24, 2.45) is 0 Å². The standard InChI is InChI=1S/C10H12NS/c1-2-3-6-10-9(8-12)5-4-7-11-10/h4-8H,2-3H2,1H3. The molecule has 0 unspecified atom stereocenters. The van der Waals surface area contributed by atoms with Gasteiger partial charge >= 0.3 is 0 Å². The summed E-state index contributed by atoms with van der Waals surface area (Å²) in [4.78, 5) is 4.23. The number of pyridine rings is 1. The van der Waals surface area contributed by atoms with Crippen molar-refractivity contribution < 1.29 is 0 Å². The molecular weight excluding hydrogens is 166 g/mol. The molecule has 1 rings (SSSR count). The highest BCUT2D eigenvalue weighted by molar-refractivity contribution is 7.79. The summed E-state index contributed by atoms with van der Waals surface area (Å²) in [6.45, 7) is 2.15. The number of hydrogen-bond acceptors (Lipinski definition) is 2. The number of aromatic nitrogens is 1. The average Bonchev–Trinajstić information content (AvgIpc) is 2.15. The van der Waals surface area contributed by atoms with Crippen LogP contribution in [0.4, 0.5) is 0 Å². The zero-order valence-corrected chi connectivity index (χ0v) is 7.97. The van der Waals surface area contributed by atoms with E-state index in [9.17, 15) is 0 Å². The Morgan fingerprint density at radius 3 is 3.08 bits per heavy atom. The Kier molecular flexibility index (Phi) is 3.88. The minimum absolute atomic E-state index is 1.01. The monoisotopic (exact) mass is 178 g/mol. The van der Waals surface area contributed by atoms with Gasteiger partial charge in [-0.05, 0) is 12.5 Å². The molecule has 63 valence electrons. The van der Waals surface area contributed by atoms with Crippen LogP contribution in [0.1, 0.15) is 31.0 Å². The minimum Gasteiger partial charge on any atom is -0.260 e. The Bertz CT molecular complexity index is 258. The zero-order chi connectivity index (χ0) is 8.81. The topological polar surface area (TPSA) is 12.9 Å². The first-order chi connectivity index (χ1) is 5.88. The molecule has 0 fully saturated rings. The van der Waals surface area contributed by atoms with Gasteiger partial charge in [0.1, 0.15) is 0 Å². The minimum atomic E-state index is 1.01. The van der Waals surface area contributed by atoms with Crippen molar-refractivity contribution in [1.82, 2.24) is 4.98 Å². The molecule has 0 spiro atoms. The smallest absolute Gasteiger partial charge is 0.0521 e. The van der Waals surface area contributed by atoms with Gasteiger partial charge in [0.05, 0.1) is 5.69 Å². The quantitative estimate of drug-likeness (QED) is 0.657. The Labute approximate surface area is 78.8 Å². The maximum absolute atomic E-state index is 4.87. The second-order valence-electron chi connectivity index (χ2n) is 2.59. The predicted octanol–water partition coefficient (Wildman–Crippen LogP) is 2.78. The molecule has 0 amide bonds. The van der Waals surface area contributed by atoms with Crippen LogP contribution in [-0.4, -0.2) is 10.4 Å². The molecule has 1 aromatic rings. The molecule has 2 heteroatoms. The second kappa shape index (κ2) is 4.99. The van der Waals surface area contributed by atoms with Gasteiger partial charge in [-0.1, -0.05) is 31.6 Å². The maximum Gasteiger partial charge on any atom is 0.0521 e. The van der Waals surface area contributed by atoms with Gasteiger partial charge in [-0.25, -0.2) is 0 Å². The van der Waals surface area contributed by atoms with Crippen LogP contribution >= 0.6 is 12.2 Å². The van der Waals surface area contributed by atoms with E-state index < -0.39 is 0 Å². The summed E-state index contributed by atoms with van der Waals surface area (Å²) in [5.74, 6) is 0. The summed E-state index contributed by atoms with van der Waals surface area (Å²) in [5.41, 5.74) is 2.05. The zero-order valence-electron chi connectivity index (χ0n) is 7.16. The number of thiocarbonyl (C=S) groups is 1. The van der Waals surface area contributed by atoms with Gasteiger partial charge in [0, 0.05) is 23.5 Å². The first-order valence-electron chi connectivity index (χ1n) is 4.12. The second-order valence-corrected chi connectivity index (χ2v) is 2.82. The lowest BCUT2D eigenvalue weighted by atomic mass is 10.1. The summed E-state index contributed by atoms with van der Waals surface area (Å²) >= 11 is 4.87. The predicted molar refractivity (Wildman–Crippen MR) is 55.3 cm³/mol. The van der Waals surface area contributed by atoms with Gasteiger partial charge < -0.3 is 0 Å². The maximum atomic E-state index is 4.87. The van der Waals surface area contributed by atoms with Gasteiger partial charge in [0.25, 0.3) is 0 Å². The molecule has 1 radical (unpaired) electrons. The Morgan fingerprint density at radius 2 is 2.42 bits per heavy atom. The van der Waals surface area contributed by atoms with Crippen molar-refractivity contribution in [3.63, 3.8) is 0 Å². The van der Waals surface area contributed by atoms with Crippen molar-refractivity contribution in [3.05, 3.63) is 36.0 Å². The molecule has 0 saturated heterocycles. The normalized spacial score (nSPS) is 9.75. The van der Waals surface area contributed by atoms with Crippen molar-refractivity contribution in [3.8, 4) is 0 Å². The van der Waals surface area contributed by atoms with Crippen molar-refractivity contribution in [1.29, 1.82) is 0 Å². The molecule has 0 bridgehead atoms. The SMILES string of the molecule is CCC[CH]c1ncccc1C=S. The van der Waals surface area contributed by atoms with E-state index in [4.69, 9.17) is 12.2 Å². The summed E-state index contributed by atoms with van der Waals surface area (Å²) in [7, 11) is 0. The van der Waals surface area contributed by atoms with Gasteiger partial charge in [-0.15, -0.1) is 0 Å². The van der Waals surface area contributed by atoms with Crippen LogP contribution in [0.5, 0.6) is 0 Å². The van der Waals surface area contributed by atoms with E-state index in [0.717, 1.165) is 24.1 Å². The van der Waals surface area contributed by atoms with Crippen molar-refractivity contribution in [2.45, 2.75) is 19.8 Å². The molecule has 0 N–H and O–H groups in total. The highest BCUT2D eigenvalue weighted by atomic mass is 32.1. The van der Waals surface area contributed by atoms with E-state index in [1.165, 1.54) is 0 Å². The molecule has 1 nitrogen and oxygen atoms in total. The lowest BCUT2D eigenvalue weighted by Gasteiger charge is -2.01. The highest BCUT2D eigenvalue weighted by Crippen LogP contribution is 2.08. The fourth-order valence-electron chi connectivity index (χ4n) is 0.981. The third kappa shape index (κ3) is 2.38. The molecule has 1 aromatic heterocycles. The lowest BCUT2D eigenvalue weighted by molar-refractivity contribution is 0.900. The van der Waals surface area contributed by atoms with E-state index >= 15 is 0 Å². The molecule has 0 aromatic carbocycles. The summed E-state index contributed by atoms with van der Waals surface area (Å²) < 4.78 is 0. The number of hydrogen-bond donors (Lipinski definition) is 0. The van der Waals surface area contributed by atoms with Crippen LogP contribution < -0.4 is 0 Å². The number of nitrogens with zero attached hydrogens (tertiary/aromatic N) is 1. The van der Waals surface area contributed by atoms with Crippen LogP contribution in [0, 0.1) is 6.42 Å². The summed E-state index contributed by atoms with van der Waals surface area (Å²) in [5, 5.41) is 1.68. The van der Waals surface area contributed by atoms with E-state index in [0.29, 0.717) is 0 Å². The fraction of sp³-hybridized carbons (Fsp3) is 0.300. The van der Waals surface area contributed by atoms with Gasteiger partial charge in [-0.3, -0.25) is 4.98 Å². The number of unbranched alkanes of at least 4 members (excludes halogenated alkanes) is 1. The summed E-state index contributed by atoms with van der Waals surface area (Å²) in [6.07, 6.45) is 6.13. The molecule has 0 aliphatic rings. The first-order valence-corrected chi connectivity index (χ1v) is 4.59. The molecule has 0 aliphatic heterocycles. The third-order valence-electron chi connectivity index (χ3n) is 1.62. The Hall–Kier alpha value is -0.760. The average molecular weight is 178 g/mol. The summed E-state index contributed by atoms with van der Waals surface area (Å²) in [6, 6.07) is 3.89. The Morgan fingerprint density at radius 1 is 1.58 bits per heavy atom. The first kappa shape index (κ1) is 9.33. The van der Waals surface area contributed by atoms with E-state index in [-0.39, 0.29) is 0 Å². The van der Waals surface area contributed by atoms with Crippen LogP contribution in [0.15, 0.2) is 18.3 Å². The molecule has 0 atom stereocenters. The Balaban J connectivity index is 2.75. The largest absolute Gasteiger partial charge is 0.260 e. The van der Waals surface area contributed by atoms with Crippen molar-refractivity contribution >= 4 is 17.6 Å². The molecule has 12 heavy (non-hydrogen) atoms. The molecule has 0 saturated carbocycles. The lowest BCUT2D eigenvalue weighted by Crippen LogP contribution is -1.93. The van der Waals surface area contributed by atoms with Gasteiger partial charge in [0.15, 0.2) is 0 Å². The van der Waals surface area contributed by atoms with Crippen molar-refractivity contribution in [2.75, 3.05) is 0 Å².